The van der Waals surface area contributed by atoms with Crippen molar-refractivity contribution in [1.29, 1.82) is 0 Å². The number of carbonyl (C=O) groups is 1. The first-order valence-corrected chi connectivity index (χ1v) is 6.36. The molecule has 0 N–H and O–H groups in total. The van der Waals surface area contributed by atoms with E-state index in [9.17, 15) is 9.18 Å². The lowest BCUT2D eigenvalue weighted by Gasteiger charge is -1.99. The second kappa shape index (κ2) is 5.02. The van der Waals surface area contributed by atoms with Crippen LogP contribution >= 0.6 is 11.6 Å². The summed E-state index contributed by atoms with van der Waals surface area (Å²) in [7, 11) is 0. The van der Waals surface area contributed by atoms with Crippen LogP contribution in [-0.4, -0.2) is 12.0 Å². The lowest BCUT2D eigenvalue weighted by atomic mass is 10.1. The molecule has 2 aromatic carbocycles. The van der Waals surface area contributed by atoms with E-state index in [2.05, 4.69) is 4.99 Å². The van der Waals surface area contributed by atoms with Crippen LogP contribution in [0.25, 0.3) is 12.2 Å². The predicted molar refractivity (Wildman–Crippen MR) is 78.3 cm³/mol. The van der Waals surface area contributed by atoms with Gasteiger partial charge in [-0.15, -0.1) is 0 Å². The zero-order valence-corrected chi connectivity index (χ0v) is 11.1. The highest BCUT2D eigenvalue weighted by atomic mass is 35.5. The van der Waals surface area contributed by atoms with Crippen LogP contribution in [0.2, 0.25) is 5.02 Å². The summed E-state index contributed by atoms with van der Waals surface area (Å²) in [5.74, 6) is -0.446. The first-order valence-electron chi connectivity index (χ1n) is 5.99. The van der Waals surface area contributed by atoms with Crippen LogP contribution in [0, 0.1) is 5.82 Å². The van der Waals surface area contributed by atoms with E-state index in [-0.39, 0.29) is 5.02 Å². The molecule has 4 heteroatoms. The fourth-order valence-corrected chi connectivity index (χ4v) is 2.25. The van der Waals surface area contributed by atoms with E-state index >= 15 is 0 Å². The van der Waals surface area contributed by atoms with Crippen LogP contribution in [0.1, 0.15) is 5.56 Å². The van der Waals surface area contributed by atoms with Gasteiger partial charge in [0.25, 0.3) is 0 Å². The summed E-state index contributed by atoms with van der Waals surface area (Å²) in [5.41, 5.74) is 1.52. The maximum absolute atomic E-state index is 13.8. The lowest BCUT2D eigenvalue weighted by molar-refractivity contribution is -0.102. The SMILES string of the molecule is O=CC1=Nc2c/c(=C/c3cccc(Cl)c3F)ccc2=C1. The molecule has 0 fully saturated rings. The molecule has 0 saturated carbocycles. The molecule has 2 aromatic rings. The number of nitrogens with zero attached hydrogens (tertiary/aromatic N) is 1. The Morgan fingerprint density at radius 2 is 2.05 bits per heavy atom. The van der Waals surface area contributed by atoms with Gasteiger partial charge in [-0.05, 0) is 29.5 Å². The van der Waals surface area contributed by atoms with Crippen LogP contribution in [0.4, 0.5) is 10.1 Å². The minimum Gasteiger partial charge on any atom is -0.296 e. The van der Waals surface area contributed by atoms with Gasteiger partial charge in [-0.25, -0.2) is 9.38 Å². The van der Waals surface area contributed by atoms with E-state index in [1.165, 1.54) is 6.07 Å². The molecule has 0 atom stereocenters. The number of hydrogen-bond donors (Lipinski definition) is 0. The Morgan fingerprint density at radius 3 is 2.85 bits per heavy atom. The third-order valence-electron chi connectivity index (χ3n) is 3.03. The molecule has 1 aliphatic rings. The molecular weight excluding hydrogens is 277 g/mol. The van der Waals surface area contributed by atoms with Gasteiger partial charge in [-0.2, -0.15) is 0 Å². The third kappa shape index (κ3) is 2.28. The van der Waals surface area contributed by atoms with Gasteiger partial charge in [0.05, 0.1) is 10.7 Å². The zero-order valence-electron chi connectivity index (χ0n) is 10.3. The summed E-state index contributed by atoms with van der Waals surface area (Å²) in [6.07, 6.45) is 4.11. The minimum absolute atomic E-state index is 0.0921. The highest BCUT2D eigenvalue weighted by molar-refractivity contribution is 6.43. The van der Waals surface area contributed by atoms with E-state index < -0.39 is 5.82 Å². The quantitative estimate of drug-likeness (QED) is 0.779. The van der Waals surface area contributed by atoms with Crippen molar-refractivity contribution < 1.29 is 9.18 Å². The normalized spacial score (nSPS) is 13.7. The van der Waals surface area contributed by atoms with Gasteiger partial charge in [-0.1, -0.05) is 35.9 Å². The summed E-state index contributed by atoms with van der Waals surface area (Å²) in [5, 5.41) is 1.78. The molecule has 0 unspecified atom stereocenters. The molecule has 0 amide bonds. The van der Waals surface area contributed by atoms with Crippen LogP contribution in [0.15, 0.2) is 41.4 Å². The first kappa shape index (κ1) is 12.8. The van der Waals surface area contributed by atoms with Crippen molar-refractivity contribution >= 4 is 41.4 Å². The second-order valence-corrected chi connectivity index (χ2v) is 4.81. The molecule has 3 rings (SSSR count). The fourth-order valence-electron chi connectivity index (χ4n) is 2.07. The molecule has 0 aliphatic carbocycles. The van der Waals surface area contributed by atoms with Crippen molar-refractivity contribution in [2.75, 3.05) is 0 Å². The standard InChI is InChI=1S/C16H9ClFNO/c17-14-3-1-2-12(16(14)18)6-10-4-5-11-8-13(9-20)19-15(11)7-10/h1-9H/b10-6+. The van der Waals surface area contributed by atoms with Crippen LogP contribution < -0.4 is 10.4 Å². The van der Waals surface area contributed by atoms with Crippen molar-refractivity contribution in [3.63, 3.8) is 0 Å². The minimum atomic E-state index is -0.446. The Bertz CT molecular complexity index is 855. The molecule has 0 saturated heterocycles. The molecule has 0 radical (unpaired) electrons. The fraction of sp³-hybridized carbons (Fsp3) is 0. The molecule has 20 heavy (non-hydrogen) atoms. The van der Waals surface area contributed by atoms with Gasteiger partial charge < -0.3 is 0 Å². The van der Waals surface area contributed by atoms with E-state index in [1.54, 1.807) is 24.3 Å². The Kier molecular flexibility index (Phi) is 3.20. The van der Waals surface area contributed by atoms with Crippen molar-refractivity contribution in [1.82, 2.24) is 0 Å². The highest BCUT2D eigenvalue weighted by Crippen LogP contribution is 2.18. The Balaban J connectivity index is 2.12. The van der Waals surface area contributed by atoms with Crippen molar-refractivity contribution in [2.24, 2.45) is 4.99 Å². The molecule has 2 nitrogen and oxygen atoms in total. The van der Waals surface area contributed by atoms with Crippen LogP contribution in [0.5, 0.6) is 0 Å². The smallest absolute Gasteiger partial charge is 0.168 e. The molecule has 0 aromatic heterocycles. The van der Waals surface area contributed by atoms with Crippen LogP contribution in [0.3, 0.4) is 0 Å². The monoisotopic (exact) mass is 285 g/mol. The number of rotatable bonds is 2. The van der Waals surface area contributed by atoms with Gasteiger partial charge in [-0.3, -0.25) is 4.79 Å². The largest absolute Gasteiger partial charge is 0.296 e. The average molecular weight is 286 g/mol. The number of benzene rings is 2. The summed E-state index contributed by atoms with van der Waals surface area (Å²) >= 11 is 5.75. The van der Waals surface area contributed by atoms with Crippen molar-refractivity contribution in [3.05, 3.63) is 63.2 Å². The van der Waals surface area contributed by atoms with E-state index in [0.717, 1.165) is 10.4 Å². The summed E-state index contributed by atoms with van der Waals surface area (Å²) in [4.78, 5) is 14.9. The van der Waals surface area contributed by atoms with E-state index in [4.69, 9.17) is 11.6 Å². The predicted octanol–water partition coefficient (Wildman–Crippen LogP) is 2.37. The van der Waals surface area contributed by atoms with Gasteiger partial charge in [0.1, 0.15) is 11.5 Å². The maximum atomic E-state index is 13.8. The number of hydrogen-bond acceptors (Lipinski definition) is 2. The summed E-state index contributed by atoms with van der Waals surface area (Å²) in [6, 6.07) is 10.4. The average Bonchev–Trinajstić information content (AvgIpc) is 2.86. The zero-order chi connectivity index (χ0) is 14.1. The topological polar surface area (TPSA) is 29.4 Å². The number of aldehydes is 1. The molecule has 1 aliphatic heterocycles. The molecule has 1 heterocycles. The molecule has 0 spiro atoms. The van der Waals surface area contributed by atoms with Gasteiger partial charge in [0.15, 0.2) is 6.29 Å². The van der Waals surface area contributed by atoms with Crippen molar-refractivity contribution in [3.8, 4) is 0 Å². The summed E-state index contributed by atoms with van der Waals surface area (Å²) in [6.45, 7) is 0. The molecule has 0 bridgehead atoms. The Hall–Kier alpha value is -2.26. The Morgan fingerprint density at radius 1 is 1.20 bits per heavy atom. The first-order chi connectivity index (χ1) is 9.67. The van der Waals surface area contributed by atoms with Gasteiger partial charge >= 0.3 is 0 Å². The third-order valence-corrected chi connectivity index (χ3v) is 3.32. The van der Waals surface area contributed by atoms with Gasteiger partial charge in [0, 0.05) is 10.8 Å². The van der Waals surface area contributed by atoms with Gasteiger partial charge in [0.2, 0.25) is 0 Å². The number of fused-ring (bicyclic) bond motifs is 1. The lowest BCUT2D eigenvalue weighted by Crippen LogP contribution is -2.07. The number of halogens is 2. The Labute approximate surface area is 119 Å². The highest BCUT2D eigenvalue weighted by Gasteiger charge is 2.06. The molecule has 98 valence electrons. The maximum Gasteiger partial charge on any atom is 0.168 e. The second-order valence-electron chi connectivity index (χ2n) is 4.40. The number of carbonyl (C=O) groups excluding carboxylic acids is 1. The summed E-state index contributed by atoms with van der Waals surface area (Å²) < 4.78 is 13.8. The van der Waals surface area contributed by atoms with Crippen LogP contribution in [-0.2, 0) is 4.79 Å². The van der Waals surface area contributed by atoms with Crippen molar-refractivity contribution in [2.45, 2.75) is 0 Å². The number of aliphatic imine (C=N–C) groups is 1. The molecular formula is C16H9ClFNO. The van der Waals surface area contributed by atoms with E-state index in [0.29, 0.717) is 23.2 Å². The van der Waals surface area contributed by atoms with E-state index in [1.807, 2.05) is 18.2 Å².